The smallest absolute Gasteiger partial charge is 0.236 e. The predicted molar refractivity (Wildman–Crippen MR) is 65.4 cm³/mol. The molecule has 0 aliphatic carbocycles. The molecule has 1 atom stereocenters. The van der Waals surface area contributed by atoms with Gasteiger partial charge < -0.3 is 21.1 Å². The van der Waals surface area contributed by atoms with Gasteiger partial charge in [0.2, 0.25) is 11.8 Å². The summed E-state index contributed by atoms with van der Waals surface area (Å²) in [7, 11) is 1.57. The van der Waals surface area contributed by atoms with Gasteiger partial charge in [-0.3, -0.25) is 9.59 Å². The minimum absolute atomic E-state index is 0.105. The second kappa shape index (κ2) is 10.0. The summed E-state index contributed by atoms with van der Waals surface area (Å²) in [6.07, 6.45) is 1.78. The van der Waals surface area contributed by atoms with Crippen molar-refractivity contribution < 1.29 is 14.3 Å². The van der Waals surface area contributed by atoms with Gasteiger partial charge in [0.1, 0.15) is 0 Å². The van der Waals surface area contributed by atoms with Gasteiger partial charge in [0.05, 0.1) is 12.6 Å². The summed E-state index contributed by atoms with van der Waals surface area (Å²) < 4.78 is 4.79. The van der Waals surface area contributed by atoms with Gasteiger partial charge in [-0.15, -0.1) is 0 Å². The molecule has 17 heavy (non-hydrogen) atoms. The molecule has 0 spiro atoms. The largest absolute Gasteiger partial charge is 0.383 e. The Bertz CT molecular complexity index is 234. The molecule has 0 aromatic rings. The van der Waals surface area contributed by atoms with Crippen LogP contribution in [0, 0.1) is 0 Å². The van der Waals surface area contributed by atoms with E-state index in [9.17, 15) is 9.59 Å². The molecule has 0 unspecified atom stereocenters. The van der Waals surface area contributed by atoms with E-state index in [1.54, 1.807) is 7.11 Å². The average molecular weight is 245 g/mol. The van der Waals surface area contributed by atoms with E-state index in [0.29, 0.717) is 26.1 Å². The summed E-state index contributed by atoms with van der Waals surface area (Å²) in [5.74, 6) is -0.303. The SMILES string of the molecule is CCC[C@H](N)C(=O)NCCC(=O)NCCOC. The van der Waals surface area contributed by atoms with Crippen molar-refractivity contribution in [1.29, 1.82) is 0 Å². The van der Waals surface area contributed by atoms with E-state index in [1.165, 1.54) is 0 Å². The van der Waals surface area contributed by atoms with Crippen LogP contribution < -0.4 is 16.4 Å². The maximum Gasteiger partial charge on any atom is 0.236 e. The van der Waals surface area contributed by atoms with E-state index in [1.807, 2.05) is 6.92 Å². The number of rotatable bonds is 9. The highest BCUT2D eigenvalue weighted by Crippen LogP contribution is 1.92. The Hall–Kier alpha value is -1.14. The summed E-state index contributed by atoms with van der Waals surface area (Å²) in [5, 5.41) is 5.30. The molecule has 100 valence electrons. The number of hydrogen-bond acceptors (Lipinski definition) is 4. The number of hydrogen-bond donors (Lipinski definition) is 3. The molecule has 0 bridgehead atoms. The van der Waals surface area contributed by atoms with Crippen molar-refractivity contribution in [3.8, 4) is 0 Å². The Morgan fingerprint density at radius 1 is 1.29 bits per heavy atom. The average Bonchev–Trinajstić information content (AvgIpc) is 2.29. The van der Waals surface area contributed by atoms with Crippen LogP contribution >= 0.6 is 0 Å². The molecule has 0 saturated carbocycles. The van der Waals surface area contributed by atoms with Crippen LogP contribution in [-0.4, -0.2) is 44.7 Å². The Morgan fingerprint density at radius 3 is 2.59 bits per heavy atom. The first-order valence-electron chi connectivity index (χ1n) is 5.90. The van der Waals surface area contributed by atoms with Crippen LogP contribution in [0.3, 0.4) is 0 Å². The first-order chi connectivity index (χ1) is 8.11. The van der Waals surface area contributed by atoms with Gasteiger partial charge >= 0.3 is 0 Å². The van der Waals surface area contributed by atoms with Crippen LogP contribution in [0.5, 0.6) is 0 Å². The quantitative estimate of drug-likeness (QED) is 0.472. The molecule has 4 N–H and O–H groups in total. The van der Waals surface area contributed by atoms with Gasteiger partial charge in [0.25, 0.3) is 0 Å². The van der Waals surface area contributed by atoms with Crippen molar-refractivity contribution in [2.75, 3.05) is 26.8 Å². The molecule has 0 aromatic carbocycles. The molecule has 0 aliphatic heterocycles. The van der Waals surface area contributed by atoms with E-state index in [0.717, 1.165) is 6.42 Å². The van der Waals surface area contributed by atoms with Crippen molar-refractivity contribution in [2.45, 2.75) is 32.2 Å². The number of nitrogens with two attached hydrogens (primary N) is 1. The minimum Gasteiger partial charge on any atom is -0.383 e. The van der Waals surface area contributed by atoms with Gasteiger partial charge in [-0.25, -0.2) is 0 Å². The Morgan fingerprint density at radius 2 is 2.00 bits per heavy atom. The third kappa shape index (κ3) is 8.65. The van der Waals surface area contributed by atoms with E-state index in [4.69, 9.17) is 10.5 Å². The minimum atomic E-state index is -0.475. The standard InChI is InChI=1S/C11H23N3O3/c1-3-4-9(12)11(16)14-6-5-10(15)13-7-8-17-2/h9H,3-8,12H2,1-2H3,(H,13,15)(H,14,16)/t9-/m0/s1. The first kappa shape index (κ1) is 15.9. The number of nitrogens with one attached hydrogen (secondary N) is 2. The Labute approximate surface area is 102 Å². The molecular formula is C11H23N3O3. The highest BCUT2D eigenvalue weighted by atomic mass is 16.5. The van der Waals surface area contributed by atoms with Gasteiger partial charge in [-0.05, 0) is 6.42 Å². The molecule has 0 rings (SSSR count). The molecule has 0 saturated heterocycles. The lowest BCUT2D eigenvalue weighted by Crippen LogP contribution is -2.41. The Balaban J connectivity index is 3.55. The van der Waals surface area contributed by atoms with Crippen LogP contribution in [0.25, 0.3) is 0 Å². The summed E-state index contributed by atoms with van der Waals surface area (Å²) in [4.78, 5) is 22.6. The van der Waals surface area contributed by atoms with E-state index in [2.05, 4.69) is 10.6 Å². The lowest BCUT2D eigenvalue weighted by molar-refractivity contribution is -0.123. The molecule has 6 nitrogen and oxygen atoms in total. The maximum absolute atomic E-state index is 11.4. The van der Waals surface area contributed by atoms with E-state index in [-0.39, 0.29) is 18.2 Å². The predicted octanol–water partition coefficient (Wildman–Crippen LogP) is -0.617. The Kier molecular flexibility index (Phi) is 9.37. The lowest BCUT2D eigenvalue weighted by Gasteiger charge is -2.11. The zero-order valence-electron chi connectivity index (χ0n) is 10.6. The number of carbonyl (C=O) groups excluding carboxylic acids is 2. The lowest BCUT2D eigenvalue weighted by atomic mass is 10.1. The highest BCUT2D eigenvalue weighted by Gasteiger charge is 2.11. The highest BCUT2D eigenvalue weighted by molar-refractivity contribution is 5.82. The van der Waals surface area contributed by atoms with E-state index >= 15 is 0 Å². The summed E-state index contributed by atoms with van der Waals surface area (Å²) in [6, 6.07) is -0.475. The zero-order chi connectivity index (χ0) is 13.1. The normalized spacial score (nSPS) is 11.9. The van der Waals surface area contributed by atoms with Crippen molar-refractivity contribution in [3.05, 3.63) is 0 Å². The van der Waals surface area contributed by atoms with Crippen LogP contribution in [0.1, 0.15) is 26.2 Å². The summed E-state index contributed by atoms with van der Waals surface area (Å²) in [6.45, 7) is 3.25. The van der Waals surface area contributed by atoms with Crippen LogP contribution in [0.2, 0.25) is 0 Å². The molecule has 0 aliphatic rings. The number of amides is 2. The molecular weight excluding hydrogens is 222 g/mol. The third-order valence-electron chi connectivity index (χ3n) is 2.22. The fraction of sp³-hybridized carbons (Fsp3) is 0.818. The topological polar surface area (TPSA) is 93.5 Å². The van der Waals surface area contributed by atoms with Crippen LogP contribution in [-0.2, 0) is 14.3 Å². The van der Waals surface area contributed by atoms with Gasteiger partial charge in [-0.2, -0.15) is 0 Å². The second-order valence-corrected chi connectivity index (χ2v) is 3.78. The summed E-state index contributed by atoms with van der Waals surface area (Å²) >= 11 is 0. The summed E-state index contributed by atoms with van der Waals surface area (Å²) in [5.41, 5.74) is 5.61. The number of ether oxygens (including phenoxy) is 1. The fourth-order valence-electron chi connectivity index (χ4n) is 1.25. The first-order valence-corrected chi connectivity index (χ1v) is 5.90. The molecule has 0 fully saturated rings. The molecule has 0 heterocycles. The van der Waals surface area contributed by atoms with Crippen LogP contribution in [0.15, 0.2) is 0 Å². The van der Waals surface area contributed by atoms with Crippen molar-refractivity contribution >= 4 is 11.8 Å². The van der Waals surface area contributed by atoms with Crippen LogP contribution in [0.4, 0.5) is 0 Å². The monoisotopic (exact) mass is 245 g/mol. The molecule has 0 aromatic heterocycles. The van der Waals surface area contributed by atoms with E-state index < -0.39 is 6.04 Å². The van der Waals surface area contributed by atoms with Gasteiger partial charge in [-0.1, -0.05) is 13.3 Å². The number of methoxy groups -OCH3 is 1. The maximum atomic E-state index is 11.4. The third-order valence-corrected chi connectivity index (χ3v) is 2.22. The fourth-order valence-corrected chi connectivity index (χ4v) is 1.25. The van der Waals surface area contributed by atoms with Crippen molar-refractivity contribution in [1.82, 2.24) is 10.6 Å². The van der Waals surface area contributed by atoms with Gasteiger partial charge in [0, 0.05) is 26.6 Å². The number of carbonyl (C=O) groups is 2. The second-order valence-electron chi connectivity index (χ2n) is 3.78. The molecule has 0 radical (unpaired) electrons. The van der Waals surface area contributed by atoms with Gasteiger partial charge in [0.15, 0.2) is 0 Å². The zero-order valence-corrected chi connectivity index (χ0v) is 10.6. The molecule has 2 amide bonds. The molecule has 6 heteroatoms. The van der Waals surface area contributed by atoms with Crippen molar-refractivity contribution in [2.24, 2.45) is 5.73 Å². The van der Waals surface area contributed by atoms with Crippen molar-refractivity contribution in [3.63, 3.8) is 0 Å².